The molecular weight excluding hydrogens is 258 g/mol. The number of rotatable bonds is 10. The molecule has 2 nitrogen and oxygen atoms in total. The number of hydrogen-bond acceptors (Lipinski definition) is 3. The van der Waals surface area contributed by atoms with Crippen molar-refractivity contribution in [1.82, 2.24) is 0 Å². The van der Waals surface area contributed by atoms with E-state index in [2.05, 4.69) is 6.92 Å². The number of esters is 1. The van der Waals surface area contributed by atoms with Gasteiger partial charge in [-0.05, 0) is 18.6 Å². The van der Waals surface area contributed by atoms with E-state index in [1.807, 2.05) is 0 Å². The van der Waals surface area contributed by atoms with Gasteiger partial charge in [-0.25, -0.2) is 8.78 Å². The molecule has 0 bridgehead atoms. The fourth-order valence-corrected chi connectivity index (χ4v) is 2.68. The molecule has 0 aromatic rings. The van der Waals surface area contributed by atoms with Gasteiger partial charge in [-0.3, -0.25) is 4.79 Å². The largest absolute Gasteiger partial charge is 0.468 e. The number of halogens is 2. The van der Waals surface area contributed by atoms with Crippen LogP contribution in [0.2, 0.25) is 0 Å². The highest BCUT2D eigenvalue weighted by Gasteiger charge is 2.25. The van der Waals surface area contributed by atoms with E-state index >= 15 is 0 Å². The molecule has 0 spiro atoms. The second-order valence-corrected chi connectivity index (χ2v) is 5.65. The Kier molecular flexibility index (Phi) is 9.42. The third kappa shape index (κ3) is 7.90. The minimum absolute atomic E-state index is 0.0990. The second-order valence-electron chi connectivity index (χ2n) is 4.34. The van der Waals surface area contributed by atoms with Crippen molar-refractivity contribution in [1.29, 1.82) is 0 Å². The third-order valence-electron chi connectivity index (χ3n) is 2.81. The van der Waals surface area contributed by atoms with Crippen molar-refractivity contribution >= 4 is 17.7 Å². The van der Waals surface area contributed by atoms with Gasteiger partial charge in [0.25, 0.3) is 0 Å². The van der Waals surface area contributed by atoms with Crippen LogP contribution in [0.4, 0.5) is 8.78 Å². The molecule has 0 heterocycles. The van der Waals surface area contributed by atoms with Gasteiger partial charge in [0.1, 0.15) is 5.25 Å². The van der Waals surface area contributed by atoms with E-state index in [0.717, 1.165) is 19.3 Å². The summed E-state index contributed by atoms with van der Waals surface area (Å²) in [5.41, 5.74) is 0. The molecule has 0 N–H and O–H groups in total. The Bertz CT molecular complexity index is 235. The lowest BCUT2D eigenvalue weighted by molar-refractivity contribution is -0.140. The molecule has 0 saturated carbocycles. The first kappa shape index (κ1) is 17.7. The van der Waals surface area contributed by atoms with Gasteiger partial charge in [0.15, 0.2) is 0 Å². The number of unbranched alkanes of at least 4 members (excludes halogenated alkanes) is 1. The first-order chi connectivity index (χ1) is 8.46. The molecule has 0 rings (SSSR count). The van der Waals surface area contributed by atoms with E-state index in [1.54, 1.807) is 0 Å². The van der Waals surface area contributed by atoms with Crippen LogP contribution in [0.5, 0.6) is 0 Å². The van der Waals surface area contributed by atoms with E-state index in [9.17, 15) is 13.6 Å². The highest BCUT2D eigenvalue weighted by molar-refractivity contribution is 8.00. The van der Waals surface area contributed by atoms with Crippen LogP contribution in [0.25, 0.3) is 0 Å². The maximum atomic E-state index is 13.0. The maximum absolute atomic E-state index is 13.0. The van der Waals surface area contributed by atoms with Gasteiger partial charge in [-0.1, -0.05) is 26.7 Å². The van der Waals surface area contributed by atoms with Crippen molar-refractivity contribution in [2.75, 3.05) is 12.9 Å². The molecule has 0 aromatic carbocycles. The van der Waals surface area contributed by atoms with Crippen LogP contribution >= 0.6 is 11.8 Å². The van der Waals surface area contributed by atoms with Crippen LogP contribution in [0.3, 0.4) is 0 Å². The average Bonchev–Trinajstić information content (AvgIpc) is 2.37. The fourth-order valence-electron chi connectivity index (χ4n) is 1.52. The van der Waals surface area contributed by atoms with Crippen molar-refractivity contribution < 1.29 is 18.3 Å². The molecule has 0 radical (unpaired) electrons. The molecule has 0 aliphatic rings. The predicted octanol–water partition coefficient (Wildman–Crippen LogP) is 4.28. The predicted molar refractivity (Wildman–Crippen MR) is 72.3 cm³/mol. The molecular formula is C13H24F2O2S. The summed E-state index contributed by atoms with van der Waals surface area (Å²) in [6.07, 6.45) is 2.95. The van der Waals surface area contributed by atoms with E-state index in [1.165, 1.54) is 25.8 Å². The summed E-state index contributed by atoms with van der Waals surface area (Å²) in [5.74, 6) is -2.22. The standard InChI is InChI=1S/C13H24F2O2S/c1-4-6-8-11(12(16)17-3)18-10-7-9-13(14,15)5-2/h11H,4-10H2,1-3H3. The van der Waals surface area contributed by atoms with Crippen molar-refractivity contribution in [3.63, 3.8) is 0 Å². The monoisotopic (exact) mass is 282 g/mol. The molecule has 1 atom stereocenters. The molecule has 1 unspecified atom stereocenters. The van der Waals surface area contributed by atoms with Gasteiger partial charge in [-0.2, -0.15) is 0 Å². The van der Waals surface area contributed by atoms with Crippen molar-refractivity contribution in [3.05, 3.63) is 0 Å². The average molecular weight is 282 g/mol. The molecule has 0 aliphatic heterocycles. The number of methoxy groups -OCH3 is 1. The van der Waals surface area contributed by atoms with Crippen LogP contribution in [0, 0.1) is 0 Å². The number of alkyl halides is 2. The van der Waals surface area contributed by atoms with Crippen LogP contribution in [0.1, 0.15) is 52.4 Å². The summed E-state index contributed by atoms with van der Waals surface area (Å²) in [6.45, 7) is 3.55. The Morgan fingerprint density at radius 3 is 2.50 bits per heavy atom. The minimum Gasteiger partial charge on any atom is -0.468 e. The normalized spacial score (nSPS) is 13.4. The van der Waals surface area contributed by atoms with Gasteiger partial charge in [-0.15, -0.1) is 11.8 Å². The minimum atomic E-state index is -2.56. The van der Waals surface area contributed by atoms with Gasteiger partial charge in [0.2, 0.25) is 5.92 Å². The smallest absolute Gasteiger partial charge is 0.318 e. The van der Waals surface area contributed by atoms with Gasteiger partial charge in [0, 0.05) is 12.8 Å². The zero-order chi connectivity index (χ0) is 14.0. The number of thioether (sulfide) groups is 1. The molecule has 0 amide bonds. The molecule has 18 heavy (non-hydrogen) atoms. The van der Waals surface area contributed by atoms with Crippen LogP contribution in [-0.2, 0) is 9.53 Å². The SMILES string of the molecule is CCCCC(SCCCC(F)(F)CC)C(=O)OC. The number of hydrogen-bond donors (Lipinski definition) is 0. The maximum Gasteiger partial charge on any atom is 0.318 e. The summed E-state index contributed by atoms with van der Waals surface area (Å²) >= 11 is 1.44. The Morgan fingerprint density at radius 1 is 1.33 bits per heavy atom. The lowest BCUT2D eigenvalue weighted by atomic mass is 10.1. The second kappa shape index (κ2) is 9.59. The lowest BCUT2D eigenvalue weighted by Gasteiger charge is -2.16. The first-order valence-corrected chi connectivity index (χ1v) is 7.59. The molecule has 108 valence electrons. The Labute approximate surface area is 113 Å². The van der Waals surface area contributed by atoms with Crippen LogP contribution < -0.4 is 0 Å². The number of ether oxygens (including phenoxy) is 1. The molecule has 0 fully saturated rings. The summed E-state index contributed by atoms with van der Waals surface area (Å²) in [5, 5.41) is -0.204. The Morgan fingerprint density at radius 2 is 2.00 bits per heavy atom. The third-order valence-corrected chi connectivity index (χ3v) is 4.16. The lowest BCUT2D eigenvalue weighted by Crippen LogP contribution is -2.20. The molecule has 0 aromatic heterocycles. The zero-order valence-electron chi connectivity index (χ0n) is 11.5. The topological polar surface area (TPSA) is 26.3 Å². The Balaban J connectivity index is 3.92. The van der Waals surface area contributed by atoms with Crippen molar-refractivity contribution in [2.24, 2.45) is 0 Å². The molecule has 5 heteroatoms. The Hall–Kier alpha value is -0.320. The van der Waals surface area contributed by atoms with Crippen molar-refractivity contribution in [3.8, 4) is 0 Å². The first-order valence-electron chi connectivity index (χ1n) is 6.54. The summed E-state index contributed by atoms with van der Waals surface area (Å²) < 4.78 is 30.7. The van der Waals surface area contributed by atoms with E-state index in [4.69, 9.17) is 4.74 Å². The van der Waals surface area contributed by atoms with Crippen molar-refractivity contribution in [2.45, 2.75) is 63.5 Å². The van der Waals surface area contributed by atoms with Gasteiger partial charge < -0.3 is 4.74 Å². The quantitative estimate of drug-likeness (QED) is 0.442. The summed E-state index contributed by atoms with van der Waals surface area (Å²) in [6, 6.07) is 0. The van der Waals surface area contributed by atoms with E-state index in [0.29, 0.717) is 12.2 Å². The summed E-state index contributed by atoms with van der Waals surface area (Å²) in [4.78, 5) is 11.5. The highest BCUT2D eigenvalue weighted by atomic mass is 32.2. The van der Waals surface area contributed by atoms with Gasteiger partial charge >= 0.3 is 5.97 Å². The van der Waals surface area contributed by atoms with E-state index in [-0.39, 0.29) is 24.1 Å². The molecule has 0 aliphatic carbocycles. The zero-order valence-corrected chi connectivity index (χ0v) is 12.3. The number of carbonyl (C=O) groups excluding carboxylic acids is 1. The summed E-state index contributed by atoms with van der Waals surface area (Å²) in [7, 11) is 1.37. The van der Waals surface area contributed by atoms with E-state index < -0.39 is 5.92 Å². The number of carbonyl (C=O) groups is 1. The van der Waals surface area contributed by atoms with Gasteiger partial charge in [0.05, 0.1) is 7.11 Å². The highest BCUT2D eigenvalue weighted by Crippen LogP contribution is 2.26. The molecule has 0 saturated heterocycles. The van der Waals surface area contributed by atoms with Crippen LogP contribution in [-0.4, -0.2) is 30.0 Å². The fraction of sp³-hybridized carbons (Fsp3) is 0.923. The van der Waals surface area contributed by atoms with Crippen LogP contribution in [0.15, 0.2) is 0 Å².